The van der Waals surface area contributed by atoms with Gasteiger partial charge >= 0.3 is 0 Å². The number of hydrogen-bond donors (Lipinski definition) is 0. The van der Waals surface area contributed by atoms with Crippen LogP contribution in [0.25, 0.3) is 20.9 Å². The number of nitrogens with zero attached hydrogens (tertiary/aromatic N) is 4. The predicted octanol–water partition coefficient (Wildman–Crippen LogP) is 5.11. The van der Waals surface area contributed by atoms with Gasteiger partial charge in [0.2, 0.25) is 5.91 Å². The molecule has 1 aliphatic rings. The highest BCUT2D eigenvalue weighted by atomic mass is 32.1. The second-order valence-corrected chi connectivity index (χ2v) is 9.07. The number of fused-ring (bicyclic) bond motifs is 1. The number of aromatic nitrogens is 3. The van der Waals surface area contributed by atoms with E-state index in [0.29, 0.717) is 6.42 Å². The summed E-state index contributed by atoms with van der Waals surface area (Å²) < 4.78 is 1.18. The van der Waals surface area contributed by atoms with E-state index in [2.05, 4.69) is 16.0 Å². The van der Waals surface area contributed by atoms with Gasteiger partial charge in [-0.3, -0.25) is 9.78 Å². The monoisotopic (exact) mass is 420 g/mol. The Kier molecular flexibility index (Phi) is 5.08. The minimum Gasteiger partial charge on any atom is -0.333 e. The fraction of sp³-hybridized carbons (Fsp3) is 0.273. The molecule has 1 unspecified atom stereocenters. The number of para-hydroxylation sites is 1. The van der Waals surface area contributed by atoms with Crippen molar-refractivity contribution in [3.05, 3.63) is 64.7 Å². The Morgan fingerprint density at radius 1 is 1.10 bits per heavy atom. The van der Waals surface area contributed by atoms with Crippen molar-refractivity contribution in [1.29, 1.82) is 0 Å². The van der Waals surface area contributed by atoms with Crippen molar-refractivity contribution in [3.63, 3.8) is 0 Å². The molecule has 1 aromatic carbocycles. The average molecular weight is 421 g/mol. The number of likely N-dealkylation sites (tertiary alicyclic amines) is 1. The maximum atomic E-state index is 13.2. The van der Waals surface area contributed by atoms with Gasteiger partial charge in [0, 0.05) is 18.1 Å². The maximum absolute atomic E-state index is 13.2. The summed E-state index contributed by atoms with van der Waals surface area (Å²) in [6.07, 6.45) is 5.23. The van der Waals surface area contributed by atoms with Crippen LogP contribution in [-0.2, 0) is 11.2 Å². The first-order valence-corrected chi connectivity index (χ1v) is 11.5. The Morgan fingerprint density at radius 2 is 2.00 bits per heavy atom. The molecule has 1 aliphatic heterocycles. The number of rotatable bonds is 4. The lowest BCUT2D eigenvalue weighted by atomic mass is 10.0. The fourth-order valence-corrected chi connectivity index (χ4v) is 5.68. The first-order valence-electron chi connectivity index (χ1n) is 9.79. The van der Waals surface area contributed by atoms with Crippen molar-refractivity contribution in [2.45, 2.75) is 31.7 Å². The molecule has 7 heteroatoms. The quantitative estimate of drug-likeness (QED) is 0.460. The molecule has 0 aliphatic carbocycles. The second kappa shape index (κ2) is 8.00. The topological polar surface area (TPSA) is 59.0 Å². The molecule has 1 fully saturated rings. The first kappa shape index (κ1) is 18.4. The standard InChI is InChI=1S/C22H20N4OS2/c27-20(13-15-14-28-21(24-15)17-8-3-5-11-23-17)26-12-6-4-9-18(26)22-25-16-7-1-2-10-19(16)29-22/h1-3,5,7-8,10-11,14,18H,4,6,9,12-13H2. The summed E-state index contributed by atoms with van der Waals surface area (Å²) in [4.78, 5) is 29.0. The number of pyridine rings is 1. The van der Waals surface area contributed by atoms with Crippen LogP contribution in [0.5, 0.6) is 0 Å². The Balaban J connectivity index is 1.36. The number of thiazole rings is 2. The zero-order valence-corrected chi connectivity index (χ0v) is 17.5. The summed E-state index contributed by atoms with van der Waals surface area (Å²) in [5.41, 5.74) is 2.68. The third kappa shape index (κ3) is 3.80. The first-order chi connectivity index (χ1) is 14.3. The van der Waals surface area contributed by atoms with E-state index in [1.165, 1.54) is 16.0 Å². The third-order valence-corrected chi connectivity index (χ3v) is 7.24. The molecule has 5 nitrogen and oxygen atoms in total. The van der Waals surface area contributed by atoms with Gasteiger partial charge in [-0.25, -0.2) is 9.97 Å². The predicted molar refractivity (Wildman–Crippen MR) is 117 cm³/mol. The molecule has 0 bridgehead atoms. The van der Waals surface area contributed by atoms with Crippen LogP contribution >= 0.6 is 22.7 Å². The molecule has 1 amide bonds. The lowest BCUT2D eigenvalue weighted by Gasteiger charge is -2.34. The largest absolute Gasteiger partial charge is 0.333 e. The second-order valence-electron chi connectivity index (χ2n) is 7.15. The van der Waals surface area contributed by atoms with Gasteiger partial charge in [-0.1, -0.05) is 18.2 Å². The van der Waals surface area contributed by atoms with Crippen molar-refractivity contribution < 1.29 is 4.79 Å². The van der Waals surface area contributed by atoms with Gasteiger partial charge in [0.15, 0.2) is 0 Å². The summed E-state index contributed by atoms with van der Waals surface area (Å²) in [7, 11) is 0. The van der Waals surface area contributed by atoms with Gasteiger partial charge < -0.3 is 4.90 Å². The van der Waals surface area contributed by atoms with Gasteiger partial charge in [0.05, 0.1) is 34.1 Å². The van der Waals surface area contributed by atoms with Crippen molar-refractivity contribution in [2.24, 2.45) is 0 Å². The molecule has 4 aromatic rings. The van der Waals surface area contributed by atoms with Crippen LogP contribution in [0.15, 0.2) is 54.0 Å². The number of carbonyl (C=O) groups excluding carboxylic acids is 1. The van der Waals surface area contributed by atoms with Crippen LogP contribution in [0, 0.1) is 0 Å². The van der Waals surface area contributed by atoms with Crippen LogP contribution in [0.2, 0.25) is 0 Å². The number of piperidine rings is 1. The molecule has 5 rings (SSSR count). The average Bonchev–Trinajstić information content (AvgIpc) is 3.41. The summed E-state index contributed by atoms with van der Waals surface area (Å²) in [6, 6.07) is 14.0. The fourth-order valence-electron chi connectivity index (χ4n) is 3.77. The van der Waals surface area contributed by atoms with Crippen molar-refractivity contribution in [3.8, 4) is 10.7 Å². The molecule has 4 heterocycles. The molecule has 0 radical (unpaired) electrons. The minimum absolute atomic E-state index is 0.0718. The summed E-state index contributed by atoms with van der Waals surface area (Å²) in [5, 5.41) is 3.87. The number of hydrogen-bond acceptors (Lipinski definition) is 6. The summed E-state index contributed by atoms with van der Waals surface area (Å²) in [6.45, 7) is 0.788. The van der Waals surface area contributed by atoms with E-state index in [0.717, 1.165) is 52.7 Å². The molecule has 1 atom stereocenters. The molecular weight excluding hydrogens is 400 g/mol. The van der Waals surface area contributed by atoms with E-state index in [1.807, 2.05) is 46.7 Å². The van der Waals surface area contributed by atoms with E-state index < -0.39 is 0 Å². The Hall–Kier alpha value is -2.64. The summed E-state index contributed by atoms with van der Waals surface area (Å²) >= 11 is 3.24. The highest BCUT2D eigenvalue weighted by molar-refractivity contribution is 7.18. The van der Waals surface area contributed by atoms with Crippen molar-refractivity contribution in [2.75, 3.05) is 6.54 Å². The molecule has 1 saturated heterocycles. The maximum Gasteiger partial charge on any atom is 0.229 e. The van der Waals surface area contributed by atoms with E-state index in [1.54, 1.807) is 17.5 Å². The zero-order valence-electron chi connectivity index (χ0n) is 15.8. The molecule has 29 heavy (non-hydrogen) atoms. The van der Waals surface area contributed by atoms with Gasteiger partial charge in [-0.2, -0.15) is 0 Å². The van der Waals surface area contributed by atoms with Crippen LogP contribution in [0.3, 0.4) is 0 Å². The van der Waals surface area contributed by atoms with Crippen LogP contribution in [-0.4, -0.2) is 32.3 Å². The van der Waals surface area contributed by atoms with Gasteiger partial charge in [0.25, 0.3) is 0 Å². The zero-order chi connectivity index (χ0) is 19.6. The number of benzene rings is 1. The number of carbonyl (C=O) groups is 1. The molecular formula is C22H20N4OS2. The van der Waals surface area contributed by atoms with Crippen molar-refractivity contribution in [1.82, 2.24) is 19.9 Å². The lowest BCUT2D eigenvalue weighted by Crippen LogP contribution is -2.39. The van der Waals surface area contributed by atoms with Gasteiger partial charge in [-0.15, -0.1) is 22.7 Å². The van der Waals surface area contributed by atoms with Crippen molar-refractivity contribution >= 4 is 38.8 Å². The highest BCUT2D eigenvalue weighted by Gasteiger charge is 2.30. The highest BCUT2D eigenvalue weighted by Crippen LogP contribution is 2.36. The van der Waals surface area contributed by atoms with E-state index in [9.17, 15) is 4.79 Å². The van der Waals surface area contributed by atoms with E-state index >= 15 is 0 Å². The molecule has 0 spiro atoms. The van der Waals surface area contributed by atoms with Gasteiger partial charge in [-0.05, 0) is 43.5 Å². The molecule has 0 N–H and O–H groups in total. The Morgan fingerprint density at radius 3 is 2.86 bits per heavy atom. The molecule has 0 saturated carbocycles. The van der Waals surface area contributed by atoms with Gasteiger partial charge in [0.1, 0.15) is 10.0 Å². The van der Waals surface area contributed by atoms with E-state index in [-0.39, 0.29) is 11.9 Å². The summed E-state index contributed by atoms with van der Waals surface area (Å²) in [5.74, 6) is 0.131. The smallest absolute Gasteiger partial charge is 0.229 e. The van der Waals surface area contributed by atoms with Crippen LogP contribution in [0.4, 0.5) is 0 Å². The normalized spacial score (nSPS) is 17.0. The third-order valence-electron chi connectivity index (χ3n) is 5.19. The molecule has 146 valence electrons. The Bertz CT molecular complexity index is 1100. The molecule has 3 aromatic heterocycles. The Labute approximate surface area is 177 Å². The van der Waals surface area contributed by atoms with Crippen LogP contribution < -0.4 is 0 Å². The van der Waals surface area contributed by atoms with E-state index in [4.69, 9.17) is 4.98 Å². The van der Waals surface area contributed by atoms with Crippen LogP contribution in [0.1, 0.15) is 36.0 Å². The SMILES string of the molecule is O=C(Cc1csc(-c2ccccn2)n1)N1CCCCC1c1nc2ccccc2s1. The lowest BCUT2D eigenvalue weighted by molar-refractivity contribution is -0.134. The number of amides is 1. The minimum atomic E-state index is 0.0718.